The molecule has 0 aliphatic carbocycles. The third-order valence-electron chi connectivity index (χ3n) is 5.13. The Hall–Kier alpha value is -1.63. The van der Waals surface area contributed by atoms with Gasteiger partial charge in [-0.2, -0.15) is 5.10 Å². The second-order valence-electron chi connectivity index (χ2n) is 7.59. The topological polar surface area (TPSA) is 64.8 Å². The van der Waals surface area contributed by atoms with Crippen molar-refractivity contribution >= 4 is 11.6 Å². The van der Waals surface area contributed by atoms with Gasteiger partial charge >= 0.3 is 0 Å². The maximum atomic E-state index is 14.7. The van der Waals surface area contributed by atoms with Crippen LogP contribution in [0.15, 0.2) is 41.1 Å². The molecule has 1 aliphatic rings. The molecular weight excluding hydrogens is 389 g/mol. The Labute approximate surface area is 179 Å². The fourth-order valence-corrected chi connectivity index (χ4v) is 3.58. The van der Waals surface area contributed by atoms with E-state index in [2.05, 4.69) is 32.7 Å². The van der Waals surface area contributed by atoms with Gasteiger partial charge in [0.25, 0.3) is 0 Å². The molecule has 2 atom stereocenters. The van der Waals surface area contributed by atoms with Gasteiger partial charge < -0.3 is 16.0 Å². The molecule has 0 spiro atoms. The lowest BCUT2D eigenvalue weighted by Crippen LogP contribution is -2.36. The molecule has 1 aromatic heterocycles. The van der Waals surface area contributed by atoms with Crippen molar-refractivity contribution in [2.24, 2.45) is 0 Å². The van der Waals surface area contributed by atoms with E-state index in [1.165, 1.54) is 19.3 Å². The van der Waals surface area contributed by atoms with Crippen LogP contribution in [-0.4, -0.2) is 42.0 Å². The van der Waals surface area contributed by atoms with Gasteiger partial charge in [-0.1, -0.05) is 30.7 Å². The molecule has 2 rings (SSSR count). The molecular formula is C22H35ClFN5. The first-order valence-electron chi connectivity index (χ1n) is 10.5. The van der Waals surface area contributed by atoms with Gasteiger partial charge in [0.2, 0.25) is 0 Å². The quantitative estimate of drug-likeness (QED) is 0.300. The Morgan fingerprint density at radius 2 is 2.28 bits per heavy atom. The third kappa shape index (κ3) is 8.72. The number of aromatic amines is 1. The summed E-state index contributed by atoms with van der Waals surface area (Å²) in [5.74, 6) is 0. The van der Waals surface area contributed by atoms with Crippen molar-refractivity contribution in [2.75, 3.05) is 19.6 Å². The van der Waals surface area contributed by atoms with Crippen molar-refractivity contribution in [3.05, 3.63) is 52.5 Å². The first kappa shape index (κ1) is 23.6. The van der Waals surface area contributed by atoms with E-state index in [-0.39, 0.29) is 0 Å². The number of halogens is 2. The lowest BCUT2D eigenvalue weighted by molar-refractivity contribution is 0.372. The van der Waals surface area contributed by atoms with Gasteiger partial charge in [0.1, 0.15) is 0 Å². The number of aromatic nitrogens is 2. The average Bonchev–Trinajstić information content (AvgIpc) is 3.15. The molecule has 0 aromatic carbocycles. The molecule has 5 nitrogen and oxygen atoms in total. The standard InChI is InChI=1S/C22H35ClFN5/c1-4-21(23)18(8-11-25-15-20-13-16(2)28-29-20)14-22(24)17(3)26-12-9-19-7-5-6-10-27-19/h4,13-14,19,22,25-27H,3,5-12,15H2,1-2H3,(H,28,29)/b18-14?,21-4+. The number of nitrogens with zero attached hydrogens (tertiary/aromatic N) is 1. The van der Waals surface area contributed by atoms with Gasteiger partial charge in [0.15, 0.2) is 6.17 Å². The monoisotopic (exact) mass is 423 g/mol. The Kier molecular flexibility index (Phi) is 10.5. The fraction of sp³-hybridized carbons (Fsp3) is 0.591. The average molecular weight is 424 g/mol. The molecule has 0 saturated carbocycles. The third-order valence-corrected chi connectivity index (χ3v) is 5.60. The molecule has 1 aliphatic heterocycles. The molecule has 0 bridgehead atoms. The number of aryl methyl sites for hydroxylation is 1. The summed E-state index contributed by atoms with van der Waals surface area (Å²) in [5, 5.41) is 17.7. The second kappa shape index (κ2) is 12.8. The molecule has 0 amide bonds. The first-order valence-corrected chi connectivity index (χ1v) is 10.9. The van der Waals surface area contributed by atoms with Crippen LogP contribution in [0, 0.1) is 6.92 Å². The molecule has 4 N–H and O–H groups in total. The van der Waals surface area contributed by atoms with Gasteiger partial charge in [0.05, 0.1) is 5.69 Å². The summed E-state index contributed by atoms with van der Waals surface area (Å²) in [7, 11) is 0. The highest BCUT2D eigenvalue weighted by molar-refractivity contribution is 6.31. The molecule has 162 valence electrons. The number of allylic oxidation sites excluding steroid dienone is 3. The van der Waals surface area contributed by atoms with E-state index in [9.17, 15) is 4.39 Å². The molecule has 7 heteroatoms. The number of nitrogens with one attached hydrogen (secondary N) is 4. The summed E-state index contributed by atoms with van der Waals surface area (Å²) < 4.78 is 14.7. The largest absolute Gasteiger partial charge is 0.386 e. The molecule has 2 unspecified atom stereocenters. The van der Waals surface area contributed by atoms with Crippen molar-refractivity contribution in [1.29, 1.82) is 0 Å². The molecule has 29 heavy (non-hydrogen) atoms. The summed E-state index contributed by atoms with van der Waals surface area (Å²) in [5.41, 5.74) is 3.16. The maximum absolute atomic E-state index is 14.7. The minimum Gasteiger partial charge on any atom is -0.386 e. The molecule has 1 fully saturated rings. The minimum atomic E-state index is -1.27. The molecule has 2 heterocycles. The van der Waals surface area contributed by atoms with Crippen LogP contribution in [0.1, 0.15) is 50.4 Å². The molecule has 0 radical (unpaired) electrons. The number of hydrogen-bond acceptors (Lipinski definition) is 4. The van der Waals surface area contributed by atoms with E-state index in [0.29, 0.717) is 36.3 Å². The Bertz CT molecular complexity index is 691. The van der Waals surface area contributed by atoms with E-state index < -0.39 is 6.17 Å². The van der Waals surface area contributed by atoms with Crippen LogP contribution >= 0.6 is 11.6 Å². The molecule has 1 saturated heterocycles. The second-order valence-corrected chi connectivity index (χ2v) is 7.99. The Morgan fingerprint density at radius 3 is 2.93 bits per heavy atom. The summed E-state index contributed by atoms with van der Waals surface area (Å²) in [6, 6.07) is 2.52. The number of piperidine rings is 1. The van der Waals surface area contributed by atoms with E-state index in [1.54, 1.807) is 12.2 Å². The van der Waals surface area contributed by atoms with Gasteiger partial charge in [-0.05, 0) is 70.3 Å². The van der Waals surface area contributed by atoms with Crippen LogP contribution in [-0.2, 0) is 6.54 Å². The van der Waals surface area contributed by atoms with Crippen molar-refractivity contribution < 1.29 is 4.39 Å². The van der Waals surface area contributed by atoms with Crippen molar-refractivity contribution in [3.8, 4) is 0 Å². The first-order chi connectivity index (χ1) is 14.0. The SMILES string of the molecule is C=C(NCCC1CCCCN1)C(F)C=C(CCNCc1cc(C)[nH]n1)/C(Cl)=C\C. The predicted molar refractivity (Wildman–Crippen MR) is 120 cm³/mol. The van der Waals surface area contributed by atoms with E-state index in [1.807, 2.05) is 19.9 Å². The highest BCUT2D eigenvalue weighted by Gasteiger charge is 2.14. The van der Waals surface area contributed by atoms with Crippen LogP contribution in [0.25, 0.3) is 0 Å². The zero-order valence-electron chi connectivity index (χ0n) is 17.7. The lowest BCUT2D eigenvalue weighted by Gasteiger charge is -2.24. The van der Waals surface area contributed by atoms with Crippen LogP contribution in [0.2, 0.25) is 0 Å². The summed E-state index contributed by atoms with van der Waals surface area (Å²) >= 11 is 6.31. The van der Waals surface area contributed by atoms with Gasteiger partial charge in [-0.25, -0.2) is 4.39 Å². The predicted octanol–water partition coefficient (Wildman–Crippen LogP) is 4.24. The Morgan fingerprint density at radius 1 is 1.45 bits per heavy atom. The number of alkyl halides is 1. The summed E-state index contributed by atoms with van der Waals surface area (Å²) in [6.45, 7) is 10.8. The van der Waals surface area contributed by atoms with E-state index >= 15 is 0 Å². The zero-order chi connectivity index (χ0) is 21.1. The zero-order valence-corrected chi connectivity index (χ0v) is 18.4. The van der Waals surface area contributed by atoms with Crippen molar-refractivity contribution in [3.63, 3.8) is 0 Å². The summed E-state index contributed by atoms with van der Waals surface area (Å²) in [4.78, 5) is 0. The Balaban J connectivity index is 1.77. The van der Waals surface area contributed by atoms with Crippen LogP contribution in [0.5, 0.6) is 0 Å². The van der Waals surface area contributed by atoms with Crippen LogP contribution < -0.4 is 16.0 Å². The number of rotatable bonds is 12. The molecule has 1 aromatic rings. The highest BCUT2D eigenvalue weighted by atomic mass is 35.5. The summed E-state index contributed by atoms with van der Waals surface area (Å²) in [6.07, 6.45) is 7.41. The van der Waals surface area contributed by atoms with Gasteiger partial charge in [0, 0.05) is 35.6 Å². The van der Waals surface area contributed by atoms with Crippen LogP contribution in [0.3, 0.4) is 0 Å². The van der Waals surface area contributed by atoms with Gasteiger partial charge in [-0.3, -0.25) is 5.10 Å². The van der Waals surface area contributed by atoms with E-state index in [0.717, 1.165) is 36.5 Å². The van der Waals surface area contributed by atoms with Crippen molar-refractivity contribution in [2.45, 2.75) is 64.7 Å². The van der Waals surface area contributed by atoms with Gasteiger partial charge in [-0.15, -0.1) is 0 Å². The van der Waals surface area contributed by atoms with Crippen LogP contribution in [0.4, 0.5) is 4.39 Å². The normalized spacial score (nSPS) is 19.2. The van der Waals surface area contributed by atoms with Crippen molar-refractivity contribution in [1.82, 2.24) is 26.1 Å². The number of hydrogen-bond donors (Lipinski definition) is 4. The minimum absolute atomic E-state index is 0.388. The number of H-pyrrole nitrogens is 1. The smallest absolute Gasteiger partial charge is 0.158 e. The maximum Gasteiger partial charge on any atom is 0.158 e. The fourth-order valence-electron chi connectivity index (χ4n) is 3.42. The van der Waals surface area contributed by atoms with E-state index in [4.69, 9.17) is 11.6 Å². The lowest BCUT2D eigenvalue weighted by atomic mass is 10.0. The highest BCUT2D eigenvalue weighted by Crippen LogP contribution is 2.21.